The Labute approximate surface area is 126 Å². The quantitative estimate of drug-likeness (QED) is 0.495. The van der Waals surface area contributed by atoms with E-state index < -0.39 is 9.84 Å². The van der Waals surface area contributed by atoms with Gasteiger partial charge in [0.05, 0.1) is 5.75 Å². The zero-order valence-corrected chi connectivity index (χ0v) is 14.6. The molecule has 0 spiro atoms. The molecule has 0 amide bonds. The molecule has 0 aliphatic rings. The lowest BCUT2D eigenvalue weighted by Gasteiger charge is -2.17. The van der Waals surface area contributed by atoms with Gasteiger partial charge in [-0.3, -0.25) is 0 Å². The number of hydrogen-bond donors (Lipinski definition) is 1. The third-order valence-corrected chi connectivity index (χ3v) is 4.60. The minimum absolute atomic E-state index is 0.144. The van der Waals surface area contributed by atoms with E-state index in [-0.39, 0.29) is 11.8 Å². The predicted octanol–water partition coefficient (Wildman–Crippen LogP) is 3.93. The van der Waals surface area contributed by atoms with Gasteiger partial charge in [-0.2, -0.15) is 0 Å². The monoisotopic (exact) mass is 305 g/mol. The highest BCUT2D eigenvalue weighted by Crippen LogP contribution is 2.11. The summed E-state index contributed by atoms with van der Waals surface area (Å²) in [5, 5.41) is 3.37. The van der Waals surface area contributed by atoms with E-state index in [2.05, 4.69) is 19.2 Å². The van der Waals surface area contributed by atoms with Crippen LogP contribution in [-0.4, -0.2) is 33.0 Å². The molecule has 1 unspecified atom stereocenters. The summed E-state index contributed by atoms with van der Waals surface area (Å²) < 4.78 is 22.8. The summed E-state index contributed by atoms with van der Waals surface area (Å²) >= 11 is 0. The molecule has 0 heterocycles. The molecule has 0 radical (unpaired) electrons. The smallest absolute Gasteiger partial charge is 0.148 e. The second-order valence-corrected chi connectivity index (χ2v) is 8.19. The molecule has 20 heavy (non-hydrogen) atoms. The summed E-state index contributed by atoms with van der Waals surface area (Å²) in [5.41, 5.74) is 0. The van der Waals surface area contributed by atoms with Crippen molar-refractivity contribution in [2.75, 3.05) is 18.6 Å². The van der Waals surface area contributed by atoms with Crippen molar-refractivity contribution in [3.8, 4) is 0 Å². The van der Waals surface area contributed by atoms with E-state index in [1.807, 2.05) is 0 Å². The maximum atomic E-state index is 11.4. The van der Waals surface area contributed by atoms with Gasteiger partial charge in [-0.05, 0) is 19.4 Å². The Morgan fingerprint density at radius 3 is 1.90 bits per heavy atom. The standard InChI is InChI=1S/C16H35NO2S/c1-4-6-7-8-9-10-11-12-13-16(17-14-5-2)15-20(3,18)19/h16-17H,4-15H2,1-3H3. The molecule has 122 valence electrons. The SMILES string of the molecule is CCCCCCCCCCC(CS(C)(=O)=O)NCCC. The average molecular weight is 306 g/mol. The van der Waals surface area contributed by atoms with Crippen LogP contribution in [0.4, 0.5) is 0 Å². The Hall–Kier alpha value is -0.0900. The first-order valence-corrected chi connectivity index (χ1v) is 10.5. The summed E-state index contributed by atoms with van der Waals surface area (Å²) in [4.78, 5) is 0. The molecule has 3 nitrogen and oxygen atoms in total. The third kappa shape index (κ3) is 14.3. The van der Waals surface area contributed by atoms with Gasteiger partial charge in [0.1, 0.15) is 9.84 Å². The zero-order valence-electron chi connectivity index (χ0n) is 13.8. The zero-order chi connectivity index (χ0) is 15.3. The second kappa shape index (κ2) is 12.6. The molecule has 0 aliphatic carbocycles. The summed E-state index contributed by atoms with van der Waals surface area (Å²) in [5.74, 6) is 0.281. The Balaban J connectivity index is 3.68. The average Bonchev–Trinajstić information content (AvgIpc) is 2.37. The molecule has 0 saturated heterocycles. The van der Waals surface area contributed by atoms with Crippen molar-refractivity contribution in [2.24, 2.45) is 0 Å². The van der Waals surface area contributed by atoms with Crippen molar-refractivity contribution < 1.29 is 8.42 Å². The molecule has 0 aromatic heterocycles. The molecule has 1 atom stereocenters. The molecule has 0 aromatic carbocycles. The fourth-order valence-corrected chi connectivity index (χ4v) is 3.50. The van der Waals surface area contributed by atoms with E-state index in [0.717, 1.165) is 25.8 Å². The molecule has 0 rings (SSSR count). The molecule has 0 saturated carbocycles. The van der Waals surface area contributed by atoms with Crippen LogP contribution in [0, 0.1) is 0 Å². The first kappa shape index (κ1) is 19.9. The van der Waals surface area contributed by atoms with Gasteiger partial charge in [0.15, 0.2) is 0 Å². The number of sulfone groups is 1. The van der Waals surface area contributed by atoms with Gasteiger partial charge in [-0.25, -0.2) is 8.42 Å². The van der Waals surface area contributed by atoms with Crippen molar-refractivity contribution in [3.63, 3.8) is 0 Å². The maximum absolute atomic E-state index is 11.4. The van der Waals surface area contributed by atoms with E-state index in [4.69, 9.17) is 0 Å². The van der Waals surface area contributed by atoms with Crippen LogP contribution in [-0.2, 0) is 9.84 Å². The first-order chi connectivity index (χ1) is 9.49. The lowest BCUT2D eigenvalue weighted by atomic mass is 10.1. The van der Waals surface area contributed by atoms with Crippen molar-refractivity contribution >= 4 is 9.84 Å². The highest BCUT2D eigenvalue weighted by atomic mass is 32.2. The Bertz CT molecular complexity index is 302. The van der Waals surface area contributed by atoms with Gasteiger partial charge < -0.3 is 5.32 Å². The maximum Gasteiger partial charge on any atom is 0.148 e. The molecule has 0 bridgehead atoms. The van der Waals surface area contributed by atoms with E-state index >= 15 is 0 Å². The van der Waals surface area contributed by atoms with E-state index in [9.17, 15) is 8.42 Å². The van der Waals surface area contributed by atoms with E-state index in [1.54, 1.807) is 0 Å². The van der Waals surface area contributed by atoms with Crippen LogP contribution in [0.1, 0.15) is 78.1 Å². The topological polar surface area (TPSA) is 46.2 Å². The summed E-state index contributed by atoms with van der Waals surface area (Å²) in [6.07, 6.45) is 13.8. The van der Waals surface area contributed by atoms with Crippen molar-refractivity contribution in [1.29, 1.82) is 0 Å². The van der Waals surface area contributed by atoms with Crippen LogP contribution in [0.3, 0.4) is 0 Å². The molecular formula is C16H35NO2S. The van der Waals surface area contributed by atoms with Gasteiger partial charge in [0, 0.05) is 12.3 Å². The van der Waals surface area contributed by atoms with Gasteiger partial charge >= 0.3 is 0 Å². The molecule has 0 aliphatic heterocycles. The highest BCUT2D eigenvalue weighted by molar-refractivity contribution is 7.90. The molecular weight excluding hydrogens is 270 g/mol. The third-order valence-electron chi connectivity index (χ3n) is 3.59. The molecule has 4 heteroatoms. The van der Waals surface area contributed by atoms with Crippen LogP contribution in [0.2, 0.25) is 0 Å². The summed E-state index contributed by atoms with van der Waals surface area (Å²) in [6.45, 7) is 5.27. The molecule has 0 aromatic rings. The van der Waals surface area contributed by atoms with Gasteiger partial charge in [-0.1, -0.05) is 65.2 Å². The summed E-state index contributed by atoms with van der Waals surface area (Å²) in [7, 11) is -2.87. The molecule has 1 N–H and O–H groups in total. The Morgan fingerprint density at radius 1 is 0.850 bits per heavy atom. The second-order valence-electron chi connectivity index (χ2n) is 6.01. The van der Waals surface area contributed by atoms with Crippen molar-refractivity contribution in [2.45, 2.75) is 84.1 Å². The number of nitrogens with one attached hydrogen (secondary N) is 1. The van der Waals surface area contributed by atoms with Crippen molar-refractivity contribution in [1.82, 2.24) is 5.32 Å². The molecule has 0 fully saturated rings. The van der Waals surface area contributed by atoms with Crippen LogP contribution < -0.4 is 5.32 Å². The van der Waals surface area contributed by atoms with Gasteiger partial charge in [0.2, 0.25) is 0 Å². The van der Waals surface area contributed by atoms with Crippen LogP contribution in [0.5, 0.6) is 0 Å². The Morgan fingerprint density at radius 2 is 1.40 bits per heavy atom. The lowest BCUT2D eigenvalue weighted by Crippen LogP contribution is -2.35. The van der Waals surface area contributed by atoms with E-state index in [1.165, 1.54) is 51.2 Å². The van der Waals surface area contributed by atoms with Crippen LogP contribution >= 0.6 is 0 Å². The van der Waals surface area contributed by atoms with Gasteiger partial charge in [0.25, 0.3) is 0 Å². The van der Waals surface area contributed by atoms with Gasteiger partial charge in [-0.15, -0.1) is 0 Å². The number of unbranched alkanes of at least 4 members (excludes halogenated alkanes) is 7. The van der Waals surface area contributed by atoms with E-state index in [0.29, 0.717) is 0 Å². The fraction of sp³-hybridized carbons (Fsp3) is 1.00. The minimum Gasteiger partial charge on any atom is -0.313 e. The Kier molecular flexibility index (Phi) is 12.6. The summed E-state index contributed by atoms with van der Waals surface area (Å²) in [6, 6.07) is 0.144. The number of hydrogen-bond acceptors (Lipinski definition) is 3. The normalized spacial score (nSPS) is 13.6. The minimum atomic E-state index is -2.87. The van der Waals surface area contributed by atoms with Crippen LogP contribution in [0.15, 0.2) is 0 Å². The first-order valence-electron chi connectivity index (χ1n) is 8.40. The largest absolute Gasteiger partial charge is 0.313 e. The highest BCUT2D eigenvalue weighted by Gasteiger charge is 2.13. The van der Waals surface area contributed by atoms with Crippen LogP contribution in [0.25, 0.3) is 0 Å². The predicted molar refractivity (Wildman–Crippen MR) is 89.0 cm³/mol. The lowest BCUT2D eigenvalue weighted by molar-refractivity contribution is 0.473. The number of rotatable bonds is 14. The fourth-order valence-electron chi connectivity index (χ4n) is 2.48. The van der Waals surface area contributed by atoms with Crippen molar-refractivity contribution in [3.05, 3.63) is 0 Å².